The largest absolute Gasteiger partial charge is 0.495 e. The van der Waals surface area contributed by atoms with Gasteiger partial charge in [0.05, 0.1) is 28.6 Å². The zero-order valence-electron chi connectivity index (χ0n) is 18.9. The third kappa shape index (κ3) is 4.81. The summed E-state index contributed by atoms with van der Waals surface area (Å²) in [6.07, 6.45) is 4.76. The summed E-state index contributed by atoms with van der Waals surface area (Å²) < 4.78 is 19.3. The van der Waals surface area contributed by atoms with Gasteiger partial charge in [0.2, 0.25) is 0 Å². The highest BCUT2D eigenvalue weighted by molar-refractivity contribution is 9.10. The smallest absolute Gasteiger partial charge is 0.412 e. The van der Waals surface area contributed by atoms with Gasteiger partial charge < -0.3 is 24.5 Å². The Morgan fingerprint density at radius 1 is 1.31 bits per heavy atom. The zero-order valence-corrected chi connectivity index (χ0v) is 21.3. The third-order valence-electron chi connectivity index (χ3n) is 5.90. The van der Waals surface area contributed by atoms with Crippen molar-refractivity contribution in [1.29, 1.82) is 0 Å². The SMILES string of the molecule is COc1cc(-c2cn(C3CCOCC3)c3ncnc(N)c23)ccc1NC(=O)OCc1scnc1Br. The molecule has 4 aromatic rings. The van der Waals surface area contributed by atoms with Crippen LogP contribution < -0.4 is 15.8 Å². The van der Waals surface area contributed by atoms with E-state index in [1.807, 2.05) is 12.1 Å². The van der Waals surface area contributed by atoms with Gasteiger partial charge in [-0.25, -0.2) is 19.7 Å². The standard InChI is InChI=1S/C23H23BrN6O4S/c1-32-17-8-13(2-3-16(17)29-23(31)34-10-18-20(24)28-12-35-18)15-9-30(14-4-6-33-7-5-14)22-19(15)21(25)26-11-27-22/h2-3,8-9,11-12,14H,4-7,10H2,1H3,(H,29,31)(H2,25,26,27). The van der Waals surface area contributed by atoms with Crippen LogP contribution >= 0.6 is 27.3 Å². The molecule has 1 aromatic carbocycles. The van der Waals surface area contributed by atoms with Gasteiger partial charge >= 0.3 is 6.09 Å². The van der Waals surface area contributed by atoms with Crippen molar-refractivity contribution in [1.82, 2.24) is 19.5 Å². The van der Waals surface area contributed by atoms with E-state index in [-0.39, 0.29) is 12.6 Å². The Morgan fingerprint density at radius 3 is 2.89 bits per heavy atom. The Balaban J connectivity index is 1.43. The summed E-state index contributed by atoms with van der Waals surface area (Å²) in [6, 6.07) is 5.79. The number of methoxy groups -OCH3 is 1. The average molecular weight is 559 g/mol. The van der Waals surface area contributed by atoms with Crippen molar-refractivity contribution < 1.29 is 19.0 Å². The van der Waals surface area contributed by atoms with Crippen LogP contribution in [0.2, 0.25) is 0 Å². The number of nitrogen functional groups attached to an aromatic ring is 1. The molecule has 35 heavy (non-hydrogen) atoms. The lowest BCUT2D eigenvalue weighted by Crippen LogP contribution is -2.19. The second kappa shape index (κ2) is 10.2. The van der Waals surface area contributed by atoms with Crippen LogP contribution in [0.4, 0.5) is 16.3 Å². The number of anilines is 2. The number of amides is 1. The fourth-order valence-corrected chi connectivity index (χ4v) is 5.35. The average Bonchev–Trinajstić information content (AvgIpc) is 3.48. The first-order valence-corrected chi connectivity index (χ1v) is 12.6. The minimum atomic E-state index is -0.592. The monoisotopic (exact) mass is 558 g/mol. The number of nitrogens with one attached hydrogen (secondary N) is 1. The Labute approximate surface area is 213 Å². The molecule has 4 heterocycles. The minimum Gasteiger partial charge on any atom is -0.495 e. The van der Waals surface area contributed by atoms with Gasteiger partial charge in [-0.1, -0.05) is 6.07 Å². The van der Waals surface area contributed by atoms with Crippen molar-refractivity contribution in [3.63, 3.8) is 0 Å². The fourth-order valence-electron chi connectivity index (χ4n) is 4.16. The summed E-state index contributed by atoms with van der Waals surface area (Å²) in [4.78, 5) is 26.0. The lowest BCUT2D eigenvalue weighted by atomic mass is 10.0. The van der Waals surface area contributed by atoms with Gasteiger partial charge in [-0.15, -0.1) is 11.3 Å². The molecule has 0 radical (unpaired) electrons. The molecule has 1 aliphatic heterocycles. The molecule has 0 unspecified atom stereocenters. The Morgan fingerprint density at radius 2 is 2.14 bits per heavy atom. The van der Waals surface area contributed by atoms with Crippen molar-refractivity contribution in [3.8, 4) is 16.9 Å². The number of aromatic nitrogens is 4. The normalized spacial score (nSPS) is 14.2. The van der Waals surface area contributed by atoms with Crippen LogP contribution in [0.1, 0.15) is 23.8 Å². The number of halogens is 1. The van der Waals surface area contributed by atoms with E-state index in [1.165, 1.54) is 17.7 Å². The maximum absolute atomic E-state index is 12.4. The predicted octanol–water partition coefficient (Wildman–Crippen LogP) is 5.01. The first kappa shape index (κ1) is 23.5. The van der Waals surface area contributed by atoms with Crippen LogP contribution in [0.5, 0.6) is 5.75 Å². The maximum atomic E-state index is 12.4. The second-order valence-electron chi connectivity index (χ2n) is 7.93. The molecular weight excluding hydrogens is 536 g/mol. The number of rotatable bonds is 6. The number of nitrogens with two attached hydrogens (primary N) is 1. The Hall–Kier alpha value is -3.22. The lowest BCUT2D eigenvalue weighted by Gasteiger charge is -2.24. The summed E-state index contributed by atoms with van der Waals surface area (Å²) in [7, 11) is 1.55. The number of carbonyl (C=O) groups excluding carboxylic acids is 1. The number of hydrogen-bond donors (Lipinski definition) is 2. The molecule has 0 aliphatic carbocycles. The van der Waals surface area contributed by atoms with E-state index < -0.39 is 6.09 Å². The molecule has 3 N–H and O–H groups in total. The lowest BCUT2D eigenvalue weighted by molar-refractivity contribution is 0.0706. The summed E-state index contributed by atoms with van der Waals surface area (Å²) in [6.45, 7) is 1.54. The third-order valence-corrected chi connectivity index (χ3v) is 7.65. The molecule has 3 aromatic heterocycles. The Bertz CT molecular complexity index is 1370. The van der Waals surface area contributed by atoms with Crippen molar-refractivity contribution in [2.75, 3.05) is 31.4 Å². The molecule has 12 heteroatoms. The van der Waals surface area contributed by atoms with Crippen molar-refractivity contribution in [2.45, 2.75) is 25.5 Å². The van der Waals surface area contributed by atoms with Crippen LogP contribution in [0.25, 0.3) is 22.2 Å². The molecule has 1 saturated heterocycles. The molecular formula is C23H23BrN6O4S. The number of carbonyl (C=O) groups is 1. The Kier molecular flexibility index (Phi) is 6.84. The number of thiazole rings is 1. The summed E-state index contributed by atoms with van der Waals surface area (Å²) in [5.41, 5.74) is 11.0. The quantitative estimate of drug-likeness (QED) is 0.338. The summed E-state index contributed by atoms with van der Waals surface area (Å²) in [5, 5.41) is 3.53. The van der Waals surface area contributed by atoms with Crippen LogP contribution in [-0.2, 0) is 16.1 Å². The van der Waals surface area contributed by atoms with E-state index >= 15 is 0 Å². The van der Waals surface area contributed by atoms with Crippen LogP contribution in [0, 0.1) is 0 Å². The molecule has 5 rings (SSSR count). The van der Waals surface area contributed by atoms with Crippen LogP contribution in [-0.4, -0.2) is 45.9 Å². The van der Waals surface area contributed by atoms with Crippen molar-refractivity contribution in [2.24, 2.45) is 0 Å². The van der Waals surface area contributed by atoms with E-state index in [0.29, 0.717) is 35.1 Å². The van der Waals surface area contributed by atoms with E-state index in [9.17, 15) is 4.79 Å². The molecule has 10 nitrogen and oxygen atoms in total. The van der Waals surface area contributed by atoms with Crippen LogP contribution in [0.3, 0.4) is 0 Å². The first-order chi connectivity index (χ1) is 17.0. The maximum Gasteiger partial charge on any atom is 0.412 e. The number of fused-ring (bicyclic) bond motifs is 1. The molecule has 1 aliphatic rings. The molecule has 0 spiro atoms. The first-order valence-electron chi connectivity index (χ1n) is 10.9. The van der Waals surface area contributed by atoms with E-state index in [1.54, 1.807) is 18.7 Å². The highest BCUT2D eigenvalue weighted by atomic mass is 79.9. The number of ether oxygens (including phenoxy) is 3. The fraction of sp³-hybridized carbons (Fsp3) is 0.304. The van der Waals surface area contributed by atoms with Crippen molar-refractivity contribution in [3.05, 3.63) is 45.7 Å². The molecule has 0 saturated carbocycles. The predicted molar refractivity (Wildman–Crippen MR) is 137 cm³/mol. The van der Waals surface area contributed by atoms with E-state index in [0.717, 1.165) is 39.9 Å². The second-order valence-corrected chi connectivity index (χ2v) is 9.62. The molecule has 1 amide bonds. The molecule has 182 valence electrons. The molecule has 0 atom stereocenters. The van der Waals surface area contributed by atoms with Crippen LogP contribution in [0.15, 0.2) is 40.8 Å². The van der Waals surface area contributed by atoms with Gasteiger partial charge in [-0.05, 0) is 46.5 Å². The van der Waals surface area contributed by atoms with Gasteiger partial charge in [-0.3, -0.25) is 5.32 Å². The summed E-state index contributed by atoms with van der Waals surface area (Å²) >= 11 is 4.73. The van der Waals surface area contributed by atoms with E-state index in [4.69, 9.17) is 19.9 Å². The van der Waals surface area contributed by atoms with Gasteiger partial charge in [0.1, 0.15) is 34.8 Å². The number of benzene rings is 1. The molecule has 0 bridgehead atoms. The minimum absolute atomic E-state index is 0.114. The van der Waals surface area contributed by atoms with Crippen molar-refractivity contribution >= 4 is 55.9 Å². The van der Waals surface area contributed by atoms with Gasteiger partial charge in [-0.2, -0.15) is 0 Å². The number of nitrogens with zero attached hydrogens (tertiary/aromatic N) is 4. The number of hydrogen-bond acceptors (Lipinski definition) is 9. The zero-order chi connectivity index (χ0) is 24.4. The van der Waals surface area contributed by atoms with Gasteiger partial charge in [0, 0.05) is 31.0 Å². The molecule has 1 fully saturated rings. The van der Waals surface area contributed by atoms with E-state index in [2.05, 4.69) is 47.0 Å². The summed E-state index contributed by atoms with van der Waals surface area (Å²) in [5.74, 6) is 0.899. The highest BCUT2D eigenvalue weighted by Crippen LogP contribution is 2.39. The van der Waals surface area contributed by atoms with Gasteiger partial charge in [0.25, 0.3) is 0 Å². The highest BCUT2D eigenvalue weighted by Gasteiger charge is 2.23. The van der Waals surface area contributed by atoms with Gasteiger partial charge in [0.15, 0.2) is 0 Å². The topological polar surface area (TPSA) is 126 Å².